The van der Waals surface area contributed by atoms with Crippen LogP contribution in [0.4, 0.5) is 5.69 Å². The summed E-state index contributed by atoms with van der Waals surface area (Å²) in [4.78, 5) is 2.26. The lowest BCUT2D eigenvalue weighted by Crippen LogP contribution is -2.48. The number of nitrogens with two attached hydrogens (primary N) is 1. The van der Waals surface area contributed by atoms with Crippen LogP contribution in [0, 0.1) is 0 Å². The Bertz CT molecular complexity index is 424. The molecule has 2 rings (SSSR count). The average molecular weight is 264 g/mol. The SMILES string of the molecule is COC1(C)CCCN(CC(O)c2cccc(N)c2)C1. The van der Waals surface area contributed by atoms with E-state index < -0.39 is 6.10 Å². The highest BCUT2D eigenvalue weighted by atomic mass is 16.5. The summed E-state index contributed by atoms with van der Waals surface area (Å²) in [6, 6.07) is 7.47. The fraction of sp³-hybridized carbons (Fsp3) is 0.600. The molecule has 0 amide bonds. The third-order valence-electron chi connectivity index (χ3n) is 3.96. The molecule has 0 aromatic heterocycles. The summed E-state index contributed by atoms with van der Waals surface area (Å²) in [6.45, 7) is 4.63. The van der Waals surface area contributed by atoms with E-state index in [1.807, 2.05) is 24.3 Å². The number of likely N-dealkylation sites (tertiary alicyclic amines) is 1. The first-order chi connectivity index (χ1) is 9.02. The lowest BCUT2D eigenvalue weighted by molar-refractivity contribution is -0.0586. The summed E-state index contributed by atoms with van der Waals surface area (Å²) >= 11 is 0. The molecule has 1 heterocycles. The number of nitrogens with zero attached hydrogens (tertiary/aromatic N) is 1. The largest absolute Gasteiger partial charge is 0.399 e. The Morgan fingerprint density at radius 1 is 1.53 bits per heavy atom. The van der Waals surface area contributed by atoms with E-state index in [-0.39, 0.29) is 5.60 Å². The van der Waals surface area contributed by atoms with Crippen molar-refractivity contribution in [3.8, 4) is 0 Å². The molecule has 1 fully saturated rings. The Morgan fingerprint density at radius 2 is 2.32 bits per heavy atom. The van der Waals surface area contributed by atoms with Crippen LogP contribution in [-0.4, -0.2) is 42.4 Å². The molecule has 4 heteroatoms. The predicted molar refractivity (Wildman–Crippen MR) is 76.9 cm³/mol. The van der Waals surface area contributed by atoms with Gasteiger partial charge in [-0.1, -0.05) is 12.1 Å². The topological polar surface area (TPSA) is 58.7 Å². The maximum absolute atomic E-state index is 10.3. The monoisotopic (exact) mass is 264 g/mol. The van der Waals surface area contributed by atoms with Crippen molar-refractivity contribution in [3.63, 3.8) is 0 Å². The Balaban J connectivity index is 1.97. The summed E-state index contributed by atoms with van der Waals surface area (Å²) in [7, 11) is 1.76. The van der Waals surface area contributed by atoms with Crippen molar-refractivity contribution in [3.05, 3.63) is 29.8 Å². The van der Waals surface area contributed by atoms with Crippen LogP contribution < -0.4 is 5.73 Å². The van der Waals surface area contributed by atoms with Crippen molar-refractivity contribution in [1.29, 1.82) is 0 Å². The highest BCUT2D eigenvalue weighted by Gasteiger charge is 2.31. The number of anilines is 1. The van der Waals surface area contributed by atoms with Gasteiger partial charge in [0.25, 0.3) is 0 Å². The Labute approximate surface area is 115 Å². The minimum atomic E-state index is -0.497. The molecule has 4 nitrogen and oxygen atoms in total. The Kier molecular flexibility index (Phi) is 4.45. The zero-order valence-corrected chi connectivity index (χ0v) is 11.8. The number of piperidine rings is 1. The van der Waals surface area contributed by atoms with E-state index in [4.69, 9.17) is 10.5 Å². The van der Waals surface area contributed by atoms with Gasteiger partial charge in [0, 0.05) is 25.9 Å². The average Bonchev–Trinajstić information content (AvgIpc) is 2.39. The van der Waals surface area contributed by atoms with E-state index in [0.717, 1.165) is 31.5 Å². The quantitative estimate of drug-likeness (QED) is 0.814. The van der Waals surface area contributed by atoms with E-state index in [1.54, 1.807) is 7.11 Å². The molecule has 1 aromatic rings. The third kappa shape index (κ3) is 3.69. The van der Waals surface area contributed by atoms with E-state index in [1.165, 1.54) is 0 Å². The molecule has 3 N–H and O–H groups in total. The van der Waals surface area contributed by atoms with E-state index in [2.05, 4.69) is 11.8 Å². The van der Waals surface area contributed by atoms with Crippen LogP contribution in [0.15, 0.2) is 24.3 Å². The van der Waals surface area contributed by atoms with E-state index in [9.17, 15) is 5.11 Å². The van der Waals surface area contributed by atoms with Gasteiger partial charge < -0.3 is 15.6 Å². The summed E-state index contributed by atoms with van der Waals surface area (Å²) in [5, 5.41) is 10.3. The van der Waals surface area contributed by atoms with Gasteiger partial charge in [-0.05, 0) is 44.0 Å². The maximum atomic E-state index is 10.3. The van der Waals surface area contributed by atoms with Gasteiger partial charge >= 0.3 is 0 Å². The van der Waals surface area contributed by atoms with Crippen molar-refractivity contribution in [1.82, 2.24) is 4.90 Å². The standard InChI is InChI=1S/C15H24N2O2/c1-15(19-2)7-4-8-17(11-15)10-14(18)12-5-3-6-13(16)9-12/h3,5-6,9,14,18H,4,7-8,10-11,16H2,1-2H3. The zero-order chi connectivity index (χ0) is 13.9. The lowest BCUT2D eigenvalue weighted by atomic mass is 9.94. The second kappa shape index (κ2) is 5.90. The predicted octanol–water partition coefficient (Wildman–Crippen LogP) is 1.80. The molecule has 0 saturated carbocycles. The van der Waals surface area contributed by atoms with Crippen LogP contribution in [0.25, 0.3) is 0 Å². The second-order valence-corrected chi connectivity index (χ2v) is 5.68. The van der Waals surface area contributed by atoms with Gasteiger partial charge in [0.2, 0.25) is 0 Å². The van der Waals surface area contributed by atoms with Gasteiger partial charge in [0.05, 0.1) is 11.7 Å². The molecule has 1 aliphatic rings. The number of β-amino-alcohol motifs (C(OH)–C–C–N with tert-alkyl or cyclic N) is 1. The van der Waals surface area contributed by atoms with Crippen LogP contribution in [0.2, 0.25) is 0 Å². The van der Waals surface area contributed by atoms with Crippen LogP contribution in [-0.2, 0) is 4.74 Å². The third-order valence-corrected chi connectivity index (χ3v) is 3.96. The molecule has 19 heavy (non-hydrogen) atoms. The highest BCUT2D eigenvalue weighted by Crippen LogP contribution is 2.26. The molecule has 1 saturated heterocycles. The molecule has 2 unspecified atom stereocenters. The smallest absolute Gasteiger partial charge is 0.0917 e. The Hall–Kier alpha value is -1.10. The van der Waals surface area contributed by atoms with Crippen molar-refractivity contribution >= 4 is 5.69 Å². The molecule has 1 aromatic carbocycles. The van der Waals surface area contributed by atoms with Crippen molar-refractivity contribution in [2.75, 3.05) is 32.5 Å². The first-order valence-corrected chi connectivity index (χ1v) is 6.83. The number of rotatable bonds is 4. The second-order valence-electron chi connectivity index (χ2n) is 5.68. The van der Waals surface area contributed by atoms with Gasteiger partial charge in [-0.3, -0.25) is 4.90 Å². The zero-order valence-electron chi connectivity index (χ0n) is 11.8. The van der Waals surface area contributed by atoms with Crippen LogP contribution in [0.1, 0.15) is 31.4 Å². The Morgan fingerprint density at radius 3 is 3.00 bits per heavy atom. The number of nitrogen functional groups attached to an aromatic ring is 1. The first kappa shape index (κ1) is 14.3. The van der Waals surface area contributed by atoms with Gasteiger partial charge in [0.15, 0.2) is 0 Å². The van der Waals surface area contributed by atoms with Gasteiger partial charge in [-0.15, -0.1) is 0 Å². The summed E-state index contributed by atoms with van der Waals surface area (Å²) in [5.74, 6) is 0. The van der Waals surface area contributed by atoms with Crippen LogP contribution in [0.3, 0.4) is 0 Å². The van der Waals surface area contributed by atoms with E-state index >= 15 is 0 Å². The summed E-state index contributed by atoms with van der Waals surface area (Å²) < 4.78 is 5.57. The fourth-order valence-corrected chi connectivity index (χ4v) is 2.75. The number of hydrogen-bond acceptors (Lipinski definition) is 4. The molecule has 0 spiro atoms. The lowest BCUT2D eigenvalue weighted by Gasteiger charge is -2.40. The molecular weight excluding hydrogens is 240 g/mol. The first-order valence-electron chi connectivity index (χ1n) is 6.83. The molecular formula is C15H24N2O2. The summed E-state index contributed by atoms with van der Waals surface area (Å²) in [6.07, 6.45) is 1.69. The van der Waals surface area contributed by atoms with Crippen LogP contribution in [0.5, 0.6) is 0 Å². The molecule has 0 aliphatic carbocycles. The normalized spacial score (nSPS) is 26.3. The minimum Gasteiger partial charge on any atom is -0.399 e. The molecule has 0 radical (unpaired) electrons. The molecule has 1 aliphatic heterocycles. The molecule has 0 bridgehead atoms. The fourth-order valence-electron chi connectivity index (χ4n) is 2.75. The molecule has 106 valence electrons. The van der Waals surface area contributed by atoms with Gasteiger partial charge in [-0.25, -0.2) is 0 Å². The number of hydrogen-bond donors (Lipinski definition) is 2. The van der Waals surface area contributed by atoms with Crippen molar-refractivity contribution in [2.24, 2.45) is 0 Å². The summed E-state index contributed by atoms with van der Waals surface area (Å²) in [5.41, 5.74) is 7.23. The minimum absolute atomic E-state index is 0.0896. The number of aliphatic hydroxyl groups excluding tert-OH is 1. The number of aliphatic hydroxyl groups is 1. The van der Waals surface area contributed by atoms with Crippen LogP contribution >= 0.6 is 0 Å². The number of methoxy groups -OCH3 is 1. The van der Waals surface area contributed by atoms with E-state index in [0.29, 0.717) is 12.2 Å². The molecule has 2 atom stereocenters. The van der Waals surface area contributed by atoms with Gasteiger partial charge in [-0.2, -0.15) is 0 Å². The van der Waals surface area contributed by atoms with Crippen molar-refractivity contribution in [2.45, 2.75) is 31.5 Å². The highest BCUT2D eigenvalue weighted by molar-refractivity contribution is 5.41. The number of benzene rings is 1. The van der Waals surface area contributed by atoms with Crippen molar-refractivity contribution < 1.29 is 9.84 Å². The maximum Gasteiger partial charge on any atom is 0.0917 e. The van der Waals surface area contributed by atoms with Gasteiger partial charge in [0.1, 0.15) is 0 Å². The number of ether oxygens (including phenoxy) is 1.